The van der Waals surface area contributed by atoms with Gasteiger partial charge in [0.1, 0.15) is 11.2 Å². The average Bonchev–Trinajstić information content (AvgIpc) is 3.86. The molecule has 0 aliphatic heterocycles. The molecule has 1 aliphatic rings. The Morgan fingerprint density at radius 1 is 0.444 bits per heavy atom. The van der Waals surface area contributed by atoms with Crippen molar-refractivity contribution in [2.45, 2.75) is 19.3 Å². The summed E-state index contributed by atoms with van der Waals surface area (Å²) in [5.74, 6) is 0. The number of hydrogen-bond donors (Lipinski definition) is 1. The average molecular weight is 693 g/mol. The minimum Gasteiger partial charge on any atom is -0.456 e. The monoisotopic (exact) mass is 692 g/mol. The van der Waals surface area contributed by atoms with Crippen molar-refractivity contribution in [2.75, 3.05) is 4.90 Å². The Balaban J connectivity index is 1.07. The van der Waals surface area contributed by atoms with Gasteiger partial charge in [0.05, 0.1) is 5.52 Å². The van der Waals surface area contributed by atoms with Gasteiger partial charge >= 0.3 is 0 Å². The van der Waals surface area contributed by atoms with E-state index in [1.54, 1.807) is 0 Å². The van der Waals surface area contributed by atoms with Crippen LogP contribution in [0.3, 0.4) is 0 Å². The van der Waals surface area contributed by atoms with Gasteiger partial charge in [-0.3, -0.25) is 0 Å². The molecule has 0 unspecified atom stereocenters. The molecule has 0 saturated heterocycles. The third-order valence-corrected chi connectivity index (χ3v) is 11.6. The molecule has 2 heterocycles. The highest BCUT2D eigenvalue weighted by Crippen LogP contribution is 2.51. The third kappa shape index (κ3) is 4.55. The van der Waals surface area contributed by atoms with Gasteiger partial charge in [-0.15, -0.1) is 0 Å². The number of hydrogen-bond acceptors (Lipinski definition) is 2. The highest BCUT2D eigenvalue weighted by atomic mass is 16.3. The second-order valence-corrected chi connectivity index (χ2v) is 15.0. The second-order valence-electron chi connectivity index (χ2n) is 15.0. The minimum atomic E-state index is -0.102. The molecule has 0 saturated carbocycles. The van der Waals surface area contributed by atoms with Crippen molar-refractivity contribution >= 4 is 60.8 Å². The zero-order valence-electron chi connectivity index (χ0n) is 30.1. The summed E-state index contributed by atoms with van der Waals surface area (Å²) < 4.78 is 6.51. The summed E-state index contributed by atoms with van der Waals surface area (Å²) in [5, 5.41) is 4.70. The Morgan fingerprint density at radius 3 is 1.85 bits per heavy atom. The van der Waals surface area contributed by atoms with Gasteiger partial charge in [0, 0.05) is 55.1 Å². The second kappa shape index (κ2) is 11.6. The molecule has 0 amide bonds. The number of H-pyrrole nitrogens is 1. The number of nitrogens with one attached hydrogen (secondary N) is 1. The smallest absolute Gasteiger partial charge is 0.136 e. The number of furan rings is 1. The number of aromatic amines is 1. The van der Waals surface area contributed by atoms with Gasteiger partial charge in [-0.25, -0.2) is 0 Å². The molecule has 2 aromatic heterocycles. The number of anilines is 3. The Kier molecular flexibility index (Phi) is 6.60. The molecule has 0 radical (unpaired) electrons. The SMILES string of the molecule is CC1(C)c2ccccc2-c2ccc(N(c3ccc(-c4ccccc4)cc3)c3ccc(-c4cc5oc6ccccc6c5c5c4[nH]c4ccccc45)cc3)cc21. The quantitative estimate of drug-likeness (QED) is 0.195. The molecule has 1 N–H and O–H groups in total. The molecule has 10 aromatic rings. The zero-order valence-corrected chi connectivity index (χ0v) is 30.1. The largest absolute Gasteiger partial charge is 0.456 e. The van der Waals surface area contributed by atoms with Crippen molar-refractivity contribution in [3.63, 3.8) is 0 Å². The van der Waals surface area contributed by atoms with Crippen molar-refractivity contribution in [1.29, 1.82) is 0 Å². The molecule has 8 aromatic carbocycles. The molecule has 0 bridgehead atoms. The number of rotatable bonds is 5. The van der Waals surface area contributed by atoms with Crippen LogP contribution in [0.4, 0.5) is 17.1 Å². The maximum atomic E-state index is 6.51. The van der Waals surface area contributed by atoms with E-state index in [0.717, 1.165) is 61.2 Å². The summed E-state index contributed by atoms with van der Waals surface area (Å²) >= 11 is 0. The lowest BCUT2D eigenvalue weighted by Crippen LogP contribution is -2.16. The van der Waals surface area contributed by atoms with Crippen LogP contribution in [0.25, 0.3) is 77.1 Å². The first-order valence-corrected chi connectivity index (χ1v) is 18.7. The molecule has 11 rings (SSSR count). The normalized spacial score (nSPS) is 13.1. The predicted octanol–water partition coefficient (Wildman–Crippen LogP) is 14.3. The molecular formula is C51H36N2O. The van der Waals surface area contributed by atoms with E-state index in [4.69, 9.17) is 4.42 Å². The van der Waals surface area contributed by atoms with Gasteiger partial charge in [-0.05, 0) is 93.5 Å². The molecule has 256 valence electrons. The molecule has 0 fully saturated rings. The lowest BCUT2D eigenvalue weighted by Gasteiger charge is -2.28. The maximum absolute atomic E-state index is 6.51. The Bertz CT molecular complexity index is 3060. The highest BCUT2D eigenvalue weighted by Gasteiger charge is 2.35. The van der Waals surface area contributed by atoms with E-state index in [1.165, 1.54) is 44.2 Å². The number of fused-ring (bicyclic) bond motifs is 10. The van der Waals surface area contributed by atoms with Crippen LogP contribution in [0.2, 0.25) is 0 Å². The fraction of sp³-hybridized carbons (Fsp3) is 0.0588. The molecule has 0 spiro atoms. The van der Waals surface area contributed by atoms with Crippen LogP contribution >= 0.6 is 0 Å². The van der Waals surface area contributed by atoms with Crippen LogP contribution in [0, 0.1) is 0 Å². The molecule has 54 heavy (non-hydrogen) atoms. The number of benzene rings is 8. The van der Waals surface area contributed by atoms with Gasteiger partial charge in [-0.2, -0.15) is 0 Å². The van der Waals surface area contributed by atoms with Gasteiger partial charge in [-0.1, -0.05) is 135 Å². The minimum absolute atomic E-state index is 0.102. The van der Waals surface area contributed by atoms with Crippen LogP contribution in [0.15, 0.2) is 180 Å². The first-order chi connectivity index (χ1) is 26.5. The molecular weight excluding hydrogens is 657 g/mol. The van der Waals surface area contributed by atoms with Crippen molar-refractivity contribution in [3.8, 4) is 33.4 Å². The van der Waals surface area contributed by atoms with Crippen LogP contribution in [0.1, 0.15) is 25.0 Å². The number of nitrogens with zero attached hydrogens (tertiary/aromatic N) is 1. The molecule has 3 heteroatoms. The molecule has 1 aliphatic carbocycles. The first-order valence-electron chi connectivity index (χ1n) is 18.7. The van der Waals surface area contributed by atoms with Crippen LogP contribution in [-0.2, 0) is 5.41 Å². The summed E-state index contributed by atoms with van der Waals surface area (Å²) in [6.45, 7) is 4.69. The summed E-state index contributed by atoms with van der Waals surface area (Å²) in [4.78, 5) is 6.17. The van der Waals surface area contributed by atoms with Crippen molar-refractivity contribution < 1.29 is 4.42 Å². The maximum Gasteiger partial charge on any atom is 0.136 e. The van der Waals surface area contributed by atoms with E-state index in [-0.39, 0.29) is 5.41 Å². The summed E-state index contributed by atoms with van der Waals surface area (Å²) in [6.07, 6.45) is 0. The Hall–Kier alpha value is -6.84. The molecule has 0 atom stereocenters. The summed E-state index contributed by atoms with van der Waals surface area (Å²) in [6, 6.07) is 63.5. The van der Waals surface area contributed by atoms with Gasteiger partial charge in [0.2, 0.25) is 0 Å². The fourth-order valence-electron chi connectivity index (χ4n) is 8.96. The topological polar surface area (TPSA) is 32.2 Å². The van der Waals surface area contributed by atoms with E-state index in [9.17, 15) is 0 Å². The summed E-state index contributed by atoms with van der Waals surface area (Å²) in [7, 11) is 0. The standard InChI is InChI=1S/C51H36N2O/c1-51(2)43-17-9-6-14-38(43)39-29-28-37(30-44(39)51)53(35-24-20-33(21-25-35)32-12-4-3-5-13-32)36-26-22-34(23-27-36)42-31-47-48(41-16-8-11-19-46(41)54-47)49-40-15-7-10-18-45(40)52-50(42)49/h3-31,52H,1-2H3. The lowest BCUT2D eigenvalue weighted by atomic mass is 9.82. The Morgan fingerprint density at radius 2 is 1.06 bits per heavy atom. The number of para-hydroxylation sites is 2. The van der Waals surface area contributed by atoms with E-state index in [0.29, 0.717) is 0 Å². The van der Waals surface area contributed by atoms with Crippen LogP contribution in [0.5, 0.6) is 0 Å². The predicted molar refractivity (Wildman–Crippen MR) is 226 cm³/mol. The molecule has 3 nitrogen and oxygen atoms in total. The number of aromatic nitrogens is 1. The Labute approximate surface area is 313 Å². The van der Waals surface area contributed by atoms with Crippen molar-refractivity contribution in [3.05, 3.63) is 187 Å². The van der Waals surface area contributed by atoms with E-state index in [1.807, 2.05) is 6.07 Å². The first kappa shape index (κ1) is 30.8. The van der Waals surface area contributed by atoms with Crippen molar-refractivity contribution in [1.82, 2.24) is 4.98 Å². The van der Waals surface area contributed by atoms with E-state index >= 15 is 0 Å². The van der Waals surface area contributed by atoms with Gasteiger partial charge < -0.3 is 14.3 Å². The van der Waals surface area contributed by atoms with E-state index in [2.05, 4.69) is 194 Å². The lowest BCUT2D eigenvalue weighted by molar-refractivity contribution is 0.660. The van der Waals surface area contributed by atoms with Gasteiger partial charge in [0.25, 0.3) is 0 Å². The highest BCUT2D eigenvalue weighted by molar-refractivity contribution is 6.29. The zero-order chi connectivity index (χ0) is 36.0. The van der Waals surface area contributed by atoms with E-state index < -0.39 is 0 Å². The van der Waals surface area contributed by atoms with Crippen LogP contribution in [-0.4, -0.2) is 4.98 Å². The third-order valence-electron chi connectivity index (χ3n) is 11.6. The van der Waals surface area contributed by atoms with Gasteiger partial charge in [0.15, 0.2) is 0 Å². The van der Waals surface area contributed by atoms with Crippen LogP contribution < -0.4 is 4.90 Å². The van der Waals surface area contributed by atoms with Crippen molar-refractivity contribution in [2.24, 2.45) is 0 Å². The fourth-order valence-corrected chi connectivity index (χ4v) is 8.96. The summed E-state index contributed by atoms with van der Waals surface area (Å²) in [5.41, 5.74) is 17.3.